The summed E-state index contributed by atoms with van der Waals surface area (Å²) in [5, 5.41) is 0. The van der Waals surface area contributed by atoms with E-state index in [1.807, 2.05) is 6.07 Å². The van der Waals surface area contributed by atoms with E-state index in [0.717, 1.165) is 45.6 Å². The van der Waals surface area contributed by atoms with Crippen LogP contribution in [0.15, 0.2) is 18.2 Å². The van der Waals surface area contributed by atoms with Gasteiger partial charge in [-0.15, -0.1) is 0 Å². The van der Waals surface area contributed by atoms with Gasteiger partial charge in [0.2, 0.25) is 0 Å². The van der Waals surface area contributed by atoms with Crippen LogP contribution in [0.25, 0.3) is 0 Å². The predicted octanol–water partition coefficient (Wildman–Crippen LogP) is 3.27. The van der Waals surface area contributed by atoms with Crippen LogP contribution in [0.4, 0.5) is 4.39 Å². The molecular formula is C17H27FN2. The zero-order valence-corrected chi connectivity index (χ0v) is 13.0. The fourth-order valence-electron chi connectivity index (χ4n) is 3.04. The molecule has 1 fully saturated rings. The van der Waals surface area contributed by atoms with Gasteiger partial charge in [-0.3, -0.25) is 0 Å². The summed E-state index contributed by atoms with van der Waals surface area (Å²) < 4.78 is 13.5. The molecule has 0 aromatic heterocycles. The third-order valence-corrected chi connectivity index (χ3v) is 4.56. The fourth-order valence-corrected chi connectivity index (χ4v) is 3.04. The van der Waals surface area contributed by atoms with Crippen LogP contribution in [0.5, 0.6) is 0 Å². The highest BCUT2D eigenvalue weighted by atomic mass is 19.1. The molecule has 1 saturated heterocycles. The molecule has 20 heavy (non-hydrogen) atoms. The van der Waals surface area contributed by atoms with E-state index in [9.17, 15) is 4.39 Å². The van der Waals surface area contributed by atoms with Crippen LogP contribution in [-0.4, -0.2) is 49.6 Å². The van der Waals surface area contributed by atoms with Crippen LogP contribution in [0.3, 0.4) is 0 Å². The van der Waals surface area contributed by atoms with E-state index >= 15 is 0 Å². The van der Waals surface area contributed by atoms with Gasteiger partial charge in [0.05, 0.1) is 0 Å². The lowest BCUT2D eigenvalue weighted by molar-refractivity contribution is 0.150. The molecule has 0 N–H and O–H groups in total. The highest BCUT2D eigenvalue weighted by Crippen LogP contribution is 2.27. The van der Waals surface area contributed by atoms with Gasteiger partial charge < -0.3 is 9.80 Å². The minimum absolute atomic E-state index is 0.108. The van der Waals surface area contributed by atoms with Gasteiger partial charge in [0.1, 0.15) is 5.82 Å². The van der Waals surface area contributed by atoms with Gasteiger partial charge in [0, 0.05) is 26.2 Å². The number of nitrogens with zero attached hydrogens (tertiary/aromatic N) is 2. The van der Waals surface area contributed by atoms with Crippen molar-refractivity contribution in [2.45, 2.75) is 32.6 Å². The number of piperazine rings is 1. The molecule has 1 aliphatic heterocycles. The largest absolute Gasteiger partial charge is 0.304 e. The Balaban J connectivity index is 1.93. The summed E-state index contributed by atoms with van der Waals surface area (Å²) in [6.07, 6.45) is 2.21. The molecule has 2 nitrogen and oxygen atoms in total. The Kier molecular flexibility index (Phi) is 5.55. The van der Waals surface area contributed by atoms with Crippen molar-refractivity contribution in [2.75, 3.05) is 39.8 Å². The highest BCUT2D eigenvalue weighted by molar-refractivity contribution is 5.29. The first-order valence-corrected chi connectivity index (χ1v) is 7.77. The van der Waals surface area contributed by atoms with E-state index in [2.05, 4.69) is 30.7 Å². The van der Waals surface area contributed by atoms with Gasteiger partial charge in [0.25, 0.3) is 0 Å². The number of hydrogen-bond donors (Lipinski definition) is 0. The maximum Gasteiger partial charge on any atom is 0.123 e. The van der Waals surface area contributed by atoms with Crippen molar-refractivity contribution in [3.63, 3.8) is 0 Å². The zero-order chi connectivity index (χ0) is 14.5. The van der Waals surface area contributed by atoms with Crippen molar-refractivity contribution >= 4 is 0 Å². The van der Waals surface area contributed by atoms with Crippen molar-refractivity contribution in [2.24, 2.45) is 0 Å². The molecule has 1 atom stereocenters. The first-order chi connectivity index (χ1) is 9.60. The van der Waals surface area contributed by atoms with Crippen molar-refractivity contribution in [3.8, 4) is 0 Å². The lowest BCUT2D eigenvalue weighted by Gasteiger charge is -2.33. The fraction of sp³-hybridized carbons (Fsp3) is 0.647. The molecule has 2 rings (SSSR count). The maximum absolute atomic E-state index is 13.5. The van der Waals surface area contributed by atoms with Gasteiger partial charge in [-0.05, 0) is 62.5 Å². The van der Waals surface area contributed by atoms with Crippen LogP contribution in [-0.2, 0) is 0 Å². The van der Waals surface area contributed by atoms with Crippen LogP contribution in [0, 0.1) is 12.7 Å². The standard InChI is InChI=1S/C17H27FN2/c1-4-15(17-13-16(18)6-5-14(17)2)7-8-20-11-9-19(3)10-12-20/h5-6,13,15H,4,7-12H2,1-3H3. The first-order valence-electron chi connectivity index (χ1n) is 7.77. The summed E-state index contributed by atoms with van der Waals surface area (Å²) in [6.45, 7) is 10.1. The Morgan fingerprint density at radius 3 is 2.55 bits per heavy atom. The number of benzene rings is 1. The number of halogens is 1. The minimum atomic E-state index is -0.108. The molecule has 0 spiro atoms. The van der Waals surface area contributed by atoms with E-state index in [1.54, 1.807) is 12.1 Å². The van der Waals surface area contributed by atoms with Gasteiger partial charge in [-0.1, -0.05) is 13.0 Å². The lowest BCUT2D eigenvalue weighted by Crippen LogP contribution is -2.44. The van der Waals surface area contributed by atoms with E-state index in [0.29, 0.717) is 5.92 Å². The second-order valence-corrected chi connectivity index (χ2v) is 6.04. The molecule has 0 saturated carbocycles. The van der Waals surface area contributed by atoms with E-state index < -0.39 is 0 Å². The van der Waals surface area contributed by atoms with Crippen LogP contribution in [0.2, 0.25) is 0 Å². The summed E-state index contributed by atoms with van der Waals surface area (Å²) in [6, 6.07) is 5.20. The monoisotopic (exact) mass is 278 g/mol. The molecule has 0 aliphatic carbocycles. The number of hydrogen-bond acceptors (Lipinski definition) is 2. The van der Waals surface area contributed by atoms with Crippen molar-refractivity contribution in [1.82, 2.24) is 9.80 Å². The molecule has 0 bridgehead atoms. The van der Waals surface area contributed by atoms with Crippen molar-refractivity contribution in [3.05, 3.63) is 35.1 Å². The van der Waals surface area contributed by atoms with E-state index in [-0.39, 0.29) is 5.82 Å². The molecule has 1 aromatic rings. The van der Waals surface area contributed by atoms with Gasteiger partial charge in [-0.25, -0.2) is 4.39 Å². The van der Waals surface area contributed by atoms with Gasteiger partial charge in [-0.2, -0.15) is 0 Å². The first kappa shape index (κ1) is 15.5. The van der Waals surface area contributed by atoms with Crippen molar-refractivity contribution < 1.29 is 4.39 Å². The van der Waals surface area contributed by atoms with Crippen LogP contribution < -0.4 is 0 Å². The Morgan fingerprint density at radius 2 is 1.90 bits per heavy atom. The lowest BCUT2D eigenvalue weighted by atomic mass is 9.89. The number of rotatable bonds is 5. The quantitative estimate of drug-likeness (QED) is 0.815. The van der Waals surface area contributed by atoms with Crippen LogP contribution >= 0.6 is 0 Å². The van der Waals surface area contributed by atoms with Crippen molar-refractivity contribution in [1.29, 1.82) is 0 Å². The smallest absolute Gasteiger partial charge is 0.123 e. The number of aryl methyl sites for hydroxylation is 1. The second-order valence-electron chi connectivity index (χ2n) is 6.04. The van der Waals surface area contributed by atoms with Crippen LogP contribution in [0.1, 0.15) is 36.8 Å². The summed E-state index contributed by atoms with van der Waals surface area (Å²) in [5.74, 6) is 0.369. The average molecular weight is 278 g/mol. The summed E-state index contributed by atoms with van der Waals surface area (Å²) in [4.78, 5) is 4.92. The molecule has 0 amide bonds. The highest BCUT2D eigenvalue weighted by Gasteiger charge is 2.17. The maximum atomic E-state index is 13.5. The topological polar surface area (TPSA) is 6.48 Å². The third kappa shape index (κ3) is 4.03. The Morgan fingerprint density at radius 1 is 1.20 bits per heavy atom. The van der Waals surface area contributed by atoms with Gasteiger partial charge >= 0.3 is 0 Å². The molecule has 3 heteroatoms. The zero-order valence-electron chi connectivity index (χ0n) is 13.0. The number of likely N-dealkylation sites (N-methyl/N-ethyl adjacent to an activating group) is 1. The van der Waals surface area contributed by atoms with E-state index in [4.69, 9.17) is 0 Å². The second kappa shape index (κ2) is 7.19. The molecule has 112 valence electrons. The Bertz CT molecular complexity index is 425. The third-order valence-electron chi connectivity index (χ3n) is 4.56. The van der Waals surface area contributed by atoms with E-state index in [1.165, 1.54) is 11.1 Å². The molecule has 1 heterocycles. The Labute approximate surface area is 122 Å². The summed E-state index contributed by atoms with van der Waals surface area (Å²) >= 11 is 0. The molecular weight excluding hydrogens is 251 g/mol. The SMILES string of the molecule is CCC(CCN1CCN(C)CC1)c1cc(F)ccc1C. The average Bonchev–Trinajstić information content (AvgIpc) is 2.45. The predicted molar refractivity (Wildman–Crippen MR) is 82.7 cm³/mol. The normalized spacial score (nSPS) is 19.2. The summed E-state index contributed by atoms with van der Waals surface area (Å²) in [5.41, 5.74) is 2.42. The minimum Gasteiger partial charge on any atom is -0.304 e. The molecule has 0 radical (unpaired) electrons. The molecule has 1 aliphatic rings. The summed E-state index contributed by atoms with van der Waals surface area (Å²) in [7, 11) is 2.18. The molecule has 1 aromatic carbocycles. The molecule has 1 unspecified atom stereocenters. The Hall–Kier alpha value is -0.930. The van der Waals surface area contributed by atoms with Gasteiger partial charge in [0.15, 0.2) is 0 Å².